The molecule has 2 aromatic rings. The number of rotatable bonds is 6. The first-order chi connectivity index (χ1) is 13.5. The lowest BCUT2D eigenvalue weighted by molar-refractivity contribution is -0.142. The molecule has 0 aliphatic carbocycles. The molecule has 1 heterocycles. The lowest BCUT2D eigenvalue weighted by atomic mass is 10.2. The number of methoxy groups -OCH3 is 2. The summed E-state index contributed by atoms with van der Waals surface area (Å²) in [5.74, 6) is -0.00104. The third-order valence-electron chi connectivity index (χ3n) is 4.39. The standard InChI is InChI=1S/C21H20ClNO5/c1-26-18-12-14(11-16(22)21(18)27-2)7-8-20(25)28-13-19(24)23-10-9-15-5-3-4-6-17(15)23/h3-8,11-12H,9-10,13H2,1-2H3. The summed E-state index contributed by atoms with van der Waals surface area (Å²) in [5.41, 5.74) is 2.63. The van der Waals surface area contributed by atoms with Crippen LogP contribution in [0.2, 0.25) is 5.02 Å². The molecule has 0 bridgehead atoms. The van der Waals surface area contributed by atoms with Crippen molar-refractivity contribution in [2.24, 2.45) is 0 Å². The van der Waals surface area contributed by atoms with Gasteiger partial charge in [-0.1, -0.05) is 29.8 Å². The topological polar surface area (TPSA) is 65.1 Å². The van der Waals surface area contributed by atoms with Crippen LogP contribution in [0.1, 0.15) is 11.1 Å². The zero-order valence-electron chi connectivity index (χ0n) is 15.6. The molecule has 0 unspecified atom stereocenters. The molecule has 1 aliphatic rings. The van der Waals surface area contributed by atoms with Crippen molar-refractivity contribution in [2.45, 2.75) is 6.42 Å². The van der Waals surface area contributed by atoms with Gasteiger partial charge >= 0.3 is 5.97 Å². The lowest BCUT2D eigenvalue weighted by Gasteiger charge is -2.16. The summed E-state index contributed by atoms with van der Waals surface area (Å²) in [6.45, 7) is 0.278. The Hall–Kier alpha value is -2.99. The first-order valence-electron chi connectivity index (χ1n) is 8.68. The molecule has 6 nitrogen and oxygen atoms in total. The smallest absolute Gasteiger partial charge is 0.331 e. The van der Waals surface area contributed by atoms with E-state index in [9.17, 15) is 9.59 Å². The van der Waals surface area contributed by atoms with Crippen molar-refractivity contribution in [1.29, 1.82) is 0 Å². The molecule has 7 heteroatoms. The largest absolute Gasteiger partial charge is 0.493 e. The highest BCUT2D eigenvalue weighted by molar-refractivity contribution is 6.32. The number of esters is 1. The predicted octanol–water partition coefficient (Wildman–Crippen LogP) is 3.50. The van der Waals surface area contributed by atoms with Crippen LogP contribution in [0.3, 0.4) is 0 Å². The number of carbonyl (C=O) groups excluding carboxylic acids is 2. The van der Waals surface area contributed by atoms with Gasteiger partial charge in [0.15, 0.2) is 18.1 Å². The van der Waals surface area contributed by atoms with Crippen LogP contribution in [0, 0.1) is 0 Å². The monoisotopic (exact) mass is 401 g/mol. The van der Waals surface area contributed by atoms with Gasteiger partial charge in [-0.15, -0.1) is 0 Å². The van der Waals surface area contributed by atoms with Crippen molar-refractivity contribution in [3.8, 4) is 11.5 Å². The molecule has 2 aromatic carbocycles. The number of amides is 1. The lowest BCUT2D eigenvalue weighted by Crippen LogP contribution is -2.33. The van der Waals surface area contributed by atoms with Gasteiger partial charge in [0.2, 0.25) is 0 Å². The first kappa shape index (κ1) is 19.8. The number of ether oxygens (including phenoxy) is 3. The van der Waals surface area contributed by atoms with Crippen molar-refractivity contribution in [3.05, 3.63) is 58.6 Å². The van der Waals surface area contributed by atoms with E-state index in [1.807, 2.05) is 24.3 Å². The van der Waals surface area contributed by atoms with Crippen LogP contribution in [-0.4, -0.2) is 39.2 Å². The summed E-state index contributed by atoms with van der Waals surface area (Å²) in [6.07, 6.45) is 3.57. The summed E-state index contributed by atoms with van der Waals surface area (Å²) in [7, 11) is 2.99. The van der Waals surface area contributed by atoms with E-state index in [1.165, 1.54) is 26.4 Å². The summed E-state index contributed by atoms with van der Waals surface area (Å²) in [4.78, 5) is 26.0. The fourth-order valence-corrected chi connectivity index (χ4v) is 3.35. The molecule has 1 amide bonds. The molecule has 0 saturated carbocycles. The molecule has 0 N–H and O–H groups in total. The Morgan fingerprint density at radius 2 is 1.96 bits per heavy atom. The van der Waals surface area contributed by atoms with E-state index in [1.54, 1.807) is 17.0 Å². The van der Waals surface area contributed by atoms with Crippen LogP contribution in [0.4, 0.5) is 5.69 Å². The highest BCUT2D eigenvalue weighted by atomic mass is 35.5. The Morgan fingerprint density at radius 1 is 1.18 bits per heavy atom. The Morgan fingerprint density at radius 3 is 2.71 bits per heavy atom. The van der Waals surface area contributed by atoms with Crippen molar-refractivity contribution in [3.63, 3.8) is 0 Å². The maximum absolute atomic E-state index is 12.4. The Labute approximate surface area is 168 Å². The minimum absolute atomic E-state index is 0.249. The van der Waals surface area contributed by atoms with Crippen molar-refractivity contribution in [2.75, 3.05) is 32.3 Å². The second-order valence-electron chi connectivity index (χ2n) is 6.10. The van der Waals surface area contributed by atoms with Gasteiger partial charge < -0.3 is 19.1 Å². The number of para-hydroxylation sites is 1. The van der Waals surface area contributed by atoms with E-state index in [0.717, 1.165) is 17.7 Å². The molecule has 0 saturated heterocycles. The van der Waals surface area contributed by atoms with E-state index in [0.29, 0.717) is 28.6 Å². The second-order valence-corrected chi connectivity index (χ2v) is 6.51. The molecule has 146 valence electrons. The number of hydrogen-bond donors (Lipinski definition) is 0. The molecular weight excluding hydrogens is 382 g/mol. The number of benzene rings is 2. The molecular formula is C21H20ClNO5. The van der Waals surface area contributed by atoms with Crippen LogP contribution in [0.15, 0.2) is 42.5 Å². The summed E-state index contributed by atoms with van der Waals surface area (Å²) in [6, 6.07) is 11.0. The predicted molar refractivity (Wildman–Crippen MR) is 107 cm³/mol. The summed E-state index contributed by atoms with van der Waals surface area (Å²) >= 11 is 6.14. The van der Waals surface area contributed by atoms with Gasteiger partial charge in [0.05, 0.1) is 19.2 Å². The molecule has 1 aliphatic heterocycles. The zero-order valence-corrected chi connectivity index (χ0v) is 16.4. The Kier molecular flexibility index (Phi) is 6.21. The quantitative estimate of drug-likeness (QED) is 0.547. The Balaban J connectivity index is 1.59. The van der Waals surface area contributed by atoms with Crippen LogP contribution >= 0.6 is 11.6 Å². The normalized spacial score (nSPS) is 12.8. The molecule has 0 fully saturated rings. The maximum atomic E-state index is 12.4. The number of fused-ring (bicyclic) bond motifs is 1. The van der Waals surface area contributed by atoms with Crippen molar-refractivity contribution < 1.29 is 23.8 Å². The minimum Gasteiger partial charge on any atom is -0.493 e. The van der Waals surface area contributed by atoms with Crippen LogP contribution < -0.4 is 14.4 Å². The van der Waals surface area contributed by atoms with Gasteiger partial charge in [-0.3, -0.25) is 4.79 Å². The van der Waals surface area contributed by atoms with Crippen LogP contribution in [0.5, 0.6) is 11.5 Å². The molecule has 0 spiro atoms. The minimum atomic E-state index is -0.619. The van der Waals surface area contributed by atoms with E-state index in [-0.39, 0.29) is 12.5 Å². The number of anilines is 1. The fraction of sp³-hybridized carbons (Fsp3) is 0.238. The highest BCUT2D eigenvalue weighted by Crippen LogP contribution is 2.36. The summed E-state index contributed by atoms with van der Waals surface area (Å²) in [5, 5.41) is 0.359. The summed E-state index contributed by atoms with van der Waals surface area (Å²) < 4.78 is 15.5. The van der Waals surface area contributed by atoms with Crippen LogP contribution in [-0.2, 0) is 20.7 Å². The molecule has 0 radical (unpaired) electrons. The van der Waals surface area contributed by atoms with Gasteiger partial charge in [0.25, 0.3) is 5.91 Å². The Bertz CT molecular complexity index is 925. The van der Waals surface area contributed by atoms with Gasteiger partial charge in [0.1, 0.15) is 0 Å². The number of halogens is 1. The van der Waals surface area contributed by atoms with Gasteiger partial charge in [-0.05, 0) is 41.8 Å². The van der Waals surface area contributed by atoms with E-state index < -0.39 is 5.97 Å². The second kappa shape index (κ2) is 8.80. The van der Waals surface area contributed by atoms with Crippen LogP contribution in [0.25, 0.3) is 6.08 Å². The molecule has 0 atom stereocenters. The fourth-order valence-electron chi connectivity index (χ4n) is 3.05. The highest BCUT2D eigenvalue weighted by Gasteiger charge is 2.24. The van der Waals surface area contributed by atoms with E-state index >= 15 is 0 Å². The average Bonchev–Trinajstić information content (AvgIpc) is 3.14. The molecule has 3 rings (SSSR count). The van der Waals surface area contributed by atoms with Gasteiger partial charge in [-0.25, -0.2) is 4.79 Å². The number of hydrogen-bond acceptors (Lipinski definition) is 5. The van der Waals surface area contributed by atoms with Crippen molar-refractivity contribution in [1.82, 2.24) is 0 Å². The van der Waals surface area contributed by atoms with Crippen molar-refractivity contribution >= 4 is 35.2 Å². The van der Waals surface area contributed by atoms with Gasteiger partial charge in [-0.2, -0.15) is 0 Å². The molecule has 28 heavy (non-hydrogen) atoms. The average molecular weight is 402 g/mol. The first-order valence-corrected chi connectivity index (χ1v) is 9.06. The number of carbonyl (C=O) groups is 2. The maximum Gasteiger partial charge on any atom is 0.331 e. The third-order valence-corrected chi connectivity index (χ3v) is 4.67. The van der Waals surface area contributed by atoms with Gasteiger partial charge in [0, 0.05) is 18.3 Å². The SMILES string of the molecule is COc1cc(C=CC(=O)OCC(=O)N2CCc3ccccc32)cc(Cl)c1OC. The third kappa shape index (κ3) is 4.28. The van der Waals surface area contributed by atoms with E-state index in [2.05, 4.69) is 0 Å². The zero-order chi connectivity index (χ0) is 20.1. The van der Waals surface area contributed by atoms with E-state index in [4.69, 9.17) is 25.8 Å². The molecule has 0 aromatic heterocycles. The number of nitrogens with zero attached hydrogens (tertiary/aromatic N) is 1.